The Morgan fingerprint density at radius 2 is 1.75 bits per heavy atom. The highest BCUT2D eigenvalue weighted by molar-refractivity contribution is 7.91. The number of halogens is 4. The molecule has 1 atom stereocenters. The van der Waals surface area contributed by atoms with Crippen LogP contribution < -0.4 is 0 Å². The summed E-state index contributed by atoms with van der Waals surface area (Å²) in [6.45, 7) is 0. The number of benzene rings is 1. The van der Waals surface area contributed by atoms with Crippen molar-refractivity contribution < 1.29 is 26.0 Å². The van der Waals surface area contributed by atoms with Gasteiger partial charge in [0, 0.05) is 7.05 Å². The maximum Gasteiger partial charge on any atom is 0.409 e. The van der Waals surface area contributed by atoms with Crippen molar-refractivity contribution in [2.24, 2.45) is 0 Å². The molecule has 0 saturated heterocycles. The van der Waals surface area contributed by atoms with Gasteiger partial charge in [-0.15, -0.1) is 11.3 Å². The fraction of sp³-hybridized carbons (Fsp3) is 0.214. The quantitative estimate of drug-likeness (QED) is 0.763. The Morgan fingerprint density at radius 3 is 2.21 bits per heavy atom. The van der Waals surface area contributed by atoms with Gasteiger partial charge in [0.25, 0.3) is 10.0 Å². The molecule has 0 unspecified atom stereocenters. The van der Waals surface area contributed by atoms with Gasteiger partial charge in [-0.1, -0.05) is 12.1 Å². The topological polar surface area (TPSA) is 61.2 Å². The first kappa shape index (κ1) is 18.4. The van der Waals surface area contributed by atoms with Crippen LogP contribution in [0.3, 0.4) is 0 Å². The maximum atomic E-state index is 13.4. The van der Waals surface area contributed by atoms with E-state index in [0.29, 0.717) is 11.3 Å². The molecule has 0 fully saturated rings. The number of nitrogens with zero attached hydrogens (tertiary/aromatic N) is 2. The van der Waals surface area contributed by atoms with E-state index < -0.39 is 33.6 Å². The van der Waals surface area contributed by atoms with Crippen LogP contribution in [0.25, 0.3) is 0 Å². The van der Waals surface area contributed by atoms with E-state index in [4.69, 9.17) is 5.26 Å². The van der Waals surface area contributed by atoms with Crippen LogP contribution >= 0.6 is 11.3 Å². The van der Waals surface area contributed by atoms with Crippen molar-refractivity contribution in [1.29, 1.82) is 5.26 Å². The van der Waals surface area contributed by atoms with E-state index in [1.165, 1.54) is 6.07 Å². The second-order valence-corrected chi connectivity index (χ2v) is 8.06. The minimum Gasteiger partial charge on any atom is -0.207 e. The third-order valence-corrected chi connectivity index (χ3v) is 6.46. The molecule has 24 heavy (non-hydrogen) atoms. The van der Waals surface area contributed by atoms with Gasteiger partial charge in [-0.2, -0.15) is 22.7 Å². The normalized spacial score (nSPS) is 13.7. The minimum atomic E-state index is -4.91. The van der Waals surface area contributed by atoms with E-state index in [1.807, 2.05) is 0 Å². The molecule has 0 aliphatic carbocycles. The van der Waals surface area contributed by atoms with Crippen LogP contribution in [-0.4, -0.2) is 25.9 Å². The van der Waals surface area contributed by atoms with Crippen molar-refractivity contribution in [1.82, 2.24) is 4.31 Å². The van der Waals surface area contributed by atoms with Gasteiger partial charge in [0.2, 0.25) is 0 Å². The van der Waals surface area contributed by atoms with E-state index in [9.17, 15) is 26.0 Å². The molecule has 1 aromatic heterocycles. The predicted octanol–water partition coefficient (Wildman–Crippen LogP) is 3.68. The molecule has 128 valence electrons. The lowest BCUT2D eigenvalue weighted by Crippen LogP contribution is -2.39. The number of hydrogen-bond donors (Lipinski definition) is 0. The summed E-state index contributed by atoms with van der Waals surface area (Å²) < 4.78 is 77.9. The van der Waals surface area contributed by atoms with Gasteiger partial charge in [0.1, 0.15) is 27.0 Å². The monoisotopic (exact) mass is 378 g/mol. The SMILES string of the molecule is CN([C@@H](c1ccc(F)cc1)C(F)(F)F)S(=O)(=O)c1ccc(C#N)s1. The molecule has 0 saturated carbocycles. The van der Waals surface area contributed by atoms with Gasteiger partial charge in [-0.25, -0.2) is 12.8 Å². The lowest BCUT2D eigenvalue weighted by atomic mass is 10.1. The molecule has 10 heteroatoms. The summed E-state index contributed by atoms with van der Waals surface area (Å²) >= 11 is 0.576. The second-order valence-electron chi connectivity index (χ2n) is 4.75. The first-order valence-corrected chi connectivity index (χ1v) is 8.63. The largest absolute Gasteiger partial charge is 0.409 e. The Bertz CT molecular complexity index is 867. The summed E-state index contributed by atoms with van der Waals surface area (Å²) in [5, 5.41) is 8.73. The lowest BCUT2D eigenvalue weighted by molar-refractivity contribution is -0.171. The van der Waals surface area contributed by atoms with Crippen molar-refractivity contribution in [2.45, 2.75) is 16.4 Å². The molecular formula is C14H10F4N2O2S2. The standard InChI is InChI=1S/C14H10F4N2O2S2/c1-20(24(21,22)12-7-6-11(8-19)23-12)13(14(16,17)18)9-2-4-10(15)5-3-9/h2-7,13H,1H3/t13-/m0/s1. The zero-order chi connectivity index (χ0) is 18.1. The third kappa shape index (κ3) is 3.58. The fourth-order valence-electron chi connectivity index (χ4n) is 2.05. The highest BCUT2D eigenvalue weighted by Gasteiger charge is 2.47. The summed E-state index contributed by atoms with van der Waals surface area (Å²) in [6, 6.07) is 4.96. The van der Waals surface area contributed by atoms with E-state index >= 15 is 0 Å². The Labute approximate surface area is 139 Å². The van der Waals surface area contributed by atoms with Gasteiger partial charge < -0.3 is 0 Å². The lowest BCUT2D eigenvalue weighted by Gasteiger charge is -2.29. The summed E-state index contributed by atoms with van der Waals surface area (Å²) in [7, 11) is -3.69. The highest BCUT2D eigenvalue weighted by atomic mass is 32.2. The number of rotatable bonds is 4. The van der Waals surface area contributed by atoms with E-state index in [-0.39, 0.29) is 13.4 Å². The molecule has 0 aliphatic rings. The third-order valence-electron chi connectivity index (χ3n) is 3.18. The Kier molecular flexibility index (Phi) is 4.98. The molecule has 0 N–H and O–H groups in total. The van der Waals surface area contributed by atoms with Crippen LogP contribution in [0.2, 0.25) is 0 Å². The predicted molar refractivity (Wildman–Crippen MR) is 79.2 cm³/mol. The molecule has 4 nitrogen and oxygen atoms in total. The zero-order valence-corrected chi connectivity index (χ0v) is 13.7. The van der Waals surface area contributed by atoms with Crippen LogP contribution in [0, 0.1) is 17.1 Å². The molecule has 0 bridgehead atoms. The van der Waals surface area contributed by atoms with Crippen molar-refractivity contribution in [2.75, 3.05) is 7.05 Å². The molecule has 1 heterocycles. The molecular weight excluding hydrogens is 368 g/mol. The average Bonchev–Trinajstić information content (AvgIpc) is 2.97. The summed E-state index contributed by atoms with van der Waals surface area (Å²) in [4.78, 5) is 0.0623. The van der Waals surface area contributed by atoms with Crippen molar-refractivity contribution in [3.05, 3.63) is 52.7 Å². The van der Waals surface area contributed by atoms with Crippen LogP contribution in [0.15, 0.2) is 40.6 Å². The molecule has 0 spiro atoms. The second kappa shape index (κ2) is 6.51. The fourth-order valence-corrected chi connectivity index (χ4v) is 4.67. The first-order chi connectivity index (χ1) is 11.1. The molecule has 1 aromatic carbocycles. The Morgan fingerprint density at radius 1 is 1.17 bits per heavy atom. The van der Waals surface area contributed by atoms with E-state index in [1.54, 1.807) is 6.07 Å². The van der Waals surface area contributed by atoms with Crippen molar-refractivity contribution in [3.8, 4) is 6.07 Å². The molecule has 0 aliphatic heterocycles. The summed E-state index contributed by atoms with van der Waals surface area (Å²) in [6.07, 6.45) is -4.91. The maximum absolute atomic E-state index is 13.4. The first-order valence-electron chi connectivity index (χ1n) is 6.37. The average molecular weight is 378 g/mol. The van der Waals surface area contributed by atoms with Gasteiger partial charge in [-0.3, -0.25) is 0 Å². The molecule has 2 aromatic rings. The smallest absolute Gasteiger partial charge is 0.207 e. The number of alkyl halides is 3. The van der Waals surface area contributed by atoms with Crippen molar-refractivity contribution >= 4 is 21.4 Å². The van der Waals surface area contributed by atoms with E-state index in [0.717, 1.165) is 37.4 Å². The van der Waals surface area contributed by atoms with E-state index in [2.05, 4.69) is 0 Å². The highest BCUT2D eigenvalue weighted by Crippen LogP contribution is 2.40. The van der Waals surface area contributed by atoms with Crippen LogP contribution in [0.1, 0.15) is 16.5 Å². The number of sulfonamides is 1. The van der Waals surface area contributed by atoms with Gasteiger partial charge in [0.05, 0.1) is 0 Å². The van der Waals surface area contributed by atoms with Crippen LogP contribution in [0.5, 0.6) is 0 Å². The van der Waals surface area contributed by atoms with Crippen molar-refractivity contribution in [3.63, 3.8) is 0 Å². The molecule has 2 rings (SSSR count). The molecule has 0 amide bonds. The van der Waals surface area contributed by atoms with Crippen LogP contribution in [0.4, 0.5) is 17.6 Å². The minimum absolute atomic E-state index is 0.0623. The van der Waals surface area contributed by atoms with Crippen LogP contribution in [-0.2, 0) is 10.0 Å². The Balaban J connectivity index is 2.50. The number of thiophene rings is 1. The van der Waals surface area contributed by atoms with Gasteiger partial charge in [0.15, 0.2) is 0 Å². The van der Waals surface area contributed by atoms with Gasteiger partial charge in [-0.05, 0) is 29.8 Å². The zero-order valence-electron chi connectivity index (χ0n) is 12.1. The Hall–Kier alpha value is -1.96. The number of nitriles is 1. The molecule has 0 radical (unpaired) electrons. The number of hydrogen-bond acceptors (Lipinski definition) is 4. The summed E-state index contributed by atoms with van der Waals surface area (Å²) in [5.41, 5.74) is -0.410. The van der Waals surface area contributed by atoms with Gasteiger partial charge >= 0.3 is 6.18 Å². The summed E-state index contributed by atoms with van der Waals surface area (Å²) in [5.74, 6) is -0.734.